The van der Waals surface area contributed by atoms with Gasteiger partial charge < -0.3 is 20.0 Å². The number of benzene rings is 1. The van der Waals surface area contributed by atoms with Crippen molar-refractivity contribution >= 4 is 23.4 Å². The van der Waals surface area contributed by atoms with Crippen LogP contribution in [0.5, 0.6) is 0 Å². The molecule has 0 spiro atoms. The van der Waals surface area contributed by atoms with Crippen LogP contribution in [0.3, 0.4) is 0 Å². The van der Waals surface area contributed by atoms with E-state index < -0.39 is 0 Å². The first-order chi connectivity index (χ1) is 14.3. The van der Waals surface area contributed by atoms with E-state index in [1.165, 1.54) is 11.2 Å². The van der Waals surface area contributed by atoms with E-state index in [4.69, 9.17) is 4.42 Å². The Balaban J connectivity index is 1.45. The molecule has 30 heavy (non-hydrogen) atoms. The van der Waals surface area contributed by atoms with Crippen molar-refractivity contribution in [3.05, 3.63) is 53.5 Å². The summed E-state index contributed by atoms with van der Waals surface area (Å²) in [6, 6.07) is 8.75. The Morgan fingerprint density at radius 3 is 2.53 bits per heavy atom. The van der Waals surface area contributed by atoms with Gasteiger partial charge in [0.25, 0.3) is 11.8 Å². The molecule has 1 fully saturated rings. The number of carbonyl (C=O) groups is 3. The molecule has 0 unspecified atom stereocenters. The van der Waals surface area contributed by atoms with Crippen molar-refractivity contribution in [2.75, 3.05) is 39.0 Å². The predicted octanol–water partition coefficient (Wildman–Crippen LogP) is 2.12. The van der Waals surface area contributed by atoms with Gasteiger partial charge in [0, 0.05) is 50.0 Å². The lowest BCUT2D eigenvalue weighted by Gasteiger charge is -2.31. The Bertz CT molecular complexity index is 913. The number of rotatable bonds is 6. The Kier molecular flexibility index (Phi) is 6.89. The lowest BCUT2D eigenvalue weighted by Crippen LogP contribution is -2.46. The maximum Gasteiger partial charge on any atom is 0.287 e. The highest BCUT2D eigenvalue weighted by Gasteiger charge is 2.24. The van der Waals surface area contributed by atoms with Gasteiger partial charge in [-0.25, -0.2) is 0 Å². The van der Waals surface area contributed by atoms with Crippen LogP contribution in [0.15, 0.2) is 41.0 Å². The van der Waals surface area contributed by atoms with E-state index in [1.54, 1.807) is 44.4 Å². The molecule has 0 radical (unpaired) electrons. The van der Waals surface area contributed by atoms with Gasteiger partial charge in [-0.2, -0.15) is 0 Å². The van der Waals surface area contributed by atoms with E-state index in [-0.39, 0.29) is 30.3 Å². The first-order valence-corrected chi connectivity index (χ1v) is 10.0. The van der Waals surface area contributed by atoms with Crippen LogP contribution >= 0.6 is 0 Å². The Hall–Kier alpha value is -3.13. The molecule has 3 amide bonds. The molecule has 1 aromatic heterocycles. The third kappa shape index (κ3) is 5.48. The number of nitrogens with zero attached hydrogens (tertiary/aromatic N) is 2. The Morgan fingerprint density at radius 1 is 1.17 bits per heavy atom. The van der Waals surface area contributed by atoms with E-state index >= 15 is 0 Å². The monoisotopic (exact) mass is 412 g/mol. The van der Waals surface area contributed by atoms with E-state index in [0.29, 0.717) is 30.1 Å². The molecule has 1 aliphatic heterocycles. The number of hydrogen-bond donors (Lipinski definition) is 2. The fourth-order valence-corrected chi connectivity index (χ4v) is 3.48. The summed E-state index contributed by atoms with van der Waals surface area (Å²) >= 11 is 0. The lowest BCUT2D eigenvalue weighted by atomic mass is 10.0. The van der Waals surface area contributed by atoms with Gasteiger partial charge in [-0.3, -0.25) is 19.3 Å². The molecule has 8 nitrogen and oxygen atoms in total. The van der Waals surface area contributed by atoms with E-state index in [0.717, 1.165) is 18.4 Å². The second kappa shape index (κ2) is 9.58. The highest BCUT2D eigenvalue weighted by Crippen LogP contribution is 2.15. The fourth-order valence-electron chi connectivity index (χ4n) is 3.48. The average Bonchev–Trinajstić information content (AvgIpc) is 3.15. The van der Waals surface area contributed by atoms with Crippen molar-refractivity contribution in [1.82, 2.24) is 15.1 Å². The largest absolute Gasteiger partial charge is 0.459 e. The zero-order valence-electron chi connectivity index (χ0n) is 17.6. The molecule has 0 atom stereocenters. The van der Waals surface area contributed by atoms with Crippen molar-refractivity contribution in [3.8, 4) is 0 Å². The minimum atomic E-state index is -0.194. The molecule has 8 heteroatoms. The topological polar surface area (TPSA) is 94.9 Å². The molecule has 2 aromatic rings. The molecule has 160 valence electrons. The molecule has 1 aliphatic rings. The summed E-state index contributed by atoms with van der Waals surface area (Å²) in [5, 5.41) is 5.86. The number of anilines is 1. The fraction of sp³-hybridized carbons (Fsp3) is 0.409. The minimum Gasteiger partial charge on any atom is -0.459 e. The summed E-state index contributed by atoms with van der Waals surface area (Å²) < 4.78 is 5.23. The molecular formula is C22H28N4O4. The molecule has 0 saturated carbocycles. The van der Waals surface area contributed by atoms with Crippen LogP contribution in [0.4, 0.5) is 5.69 Å². The highest BCUT2D eigenvalue weighted by molar-refractivity contribution is 5.97. The molecule has 1 aromatic carbocycles. The van der Waals surface area contributed by atoms with Gasteiger partial charge in [0.1, 0.15) is 0 Å². The third-order valence-corrected chi connectivity index (χ3v) is 5.16. The SMILES string of the molecule is Cc1ccoc1C(=O)NC1CCN(CC(=O)Nc2cccc(C(=O)N(C)C)c2)CC1. The van der Waals surface area contributed by atoms with Gasteiger partial charge in [-0.15, -0.1) is 0 Å². The van der Waals surface area contributed by atoms with Gasteiger partial charge in [0.15, 0.2) is 5.76 Å². The first kappa shape index (κ1) is 21.6. The maximum absolute atomic E-state index is 12.4. The summed E-state index contributed by atoms with van der Waals surface area (Å²) in [7, 11) is 3.38. The van der Waals surface area contributed by atoms with Crippen LogP contribution in [0.1, 0.15) is 39.3 Å². The molecule has 1 saturated heterocycles. The summed E-state index contributed by atoms with van der Waals surface area (Å²) in [5.41, 5.74) is 1.95. The van der Waals surface area contributed by atoms with E-state index in [9.17, 15) is 14.4 Å². The summed E-state index contributed by atoms with van der Waals surface area (Å²) in [5.74, 6) is -0.0780. The van der Waals surface area contributed by atoms with Gasteiger partial charge in [0.05, 0.1) is 12.8 Å². The van der Waals surface area contributed by atoms with Gasteiger partial charge in [-0.05, 0) is 44.0 Å². The minimum absolute atomic E-state index is 0.0649. The second-order valence-corrected chi connectivity index (χ2v) is 7.79. The number of aryl methyl sites for hydroxylation is 1. The van der Waals surface area contributed by atoms with E-state index in [2.05, 4.69) is 15.5 Å². The standard InChI is InChI=1S/C22H28N4O4/c1-15-9-12-30-20(15)21(28)24-17-7-10-26(11-8-17)14-19(27)23-18-6-4-5-16(13-18)22(29)25(2)3/h4-6,9,12-13,17H,7-8,10-11,14H2,1-3H3,(H,23,27)(H,24,28). The normalized spacial score (nSPS) is 14.9. The summed E-state index contributed by atoms with van der Waals surface area (Å²) in [4.78, 5) is 40.3. The number of carbonyl (C=O) groups excluding carboxylic acids is 3. The van der Waals surface area contributed by atoms with Crippen molar-refractivity contribution in [2.24, 2.45) is 0 Å². The van der Waals surface area contributed by atoms with Gasteiger partial charge in [0.2, 0.25) is 5.91 Å². The van der Waals surface area contributed by atoms with Crippen molar-refractivity contribution < 1.29 is 18.8 Å². The van der Waals surface area contributed by atoms with Crippen molar-refractivity contribution in [1.29, 1.82) is 0 Å². The zero-order valence-corrected chi connectivity index (χ0v) is 17.6. The summed E-state index contributed by atoms with van der Waals surface area (Å²) in [6.07, 6.45) is 3.05. The maximum atomic E-state index is 12.4. The summed E-state index contributed by atoms with van der Waals surface area (Å²) in [6.45, 7) is 3.54. The average molecular weight is 412 g/mol. The zero-order chi connectivity index (χ0) is 21.7. The van der Waals surface area contributed by atoms with Crippen molar-refractivity contribution in [3.63, 3.8) is 0 Å². The molecule has 0 aliphatic carbocycles. The molecule has 2 heterocycles. The van der Waals surface area contributed by atoms with Crippen LogP contribution < -0.4 is 10.6 Å². The Labute approximate surface area is 176 Å². The number of piperidine rings is 1. The molecular weight excluding hydrogens is 384 g/mol. The highest BCUT2D eigenvalue weighted by atomic mass is 16.3. The number of nitrogens with one attached hydrogen (secondary N) is 2. The molecule has 0 bridgehead atoms. The molecule has 2 N–H and O–H groups in total. The van der Waals surface area contributed by atoms with Crippen molar-refractivity contribution in [2.45, 2.75) is 25.8 Å². The third-order valence-electron chi connectivity index (χ3n) is 5.16. The predicted molar refractivity (Wildman–Crippen MR) is 113 cm³/mol. The smallest absolute Gasteiger partial charge is 0.287 e. The van der Waals surface area contributed by atoms with Crippen LogP contribution in [0.2, 0.25) is 0 Å². The van der Waals surface area contributed by atoms with Crippen LogP contribution in [-0.2, 0) is 4.79 Å². The van der Waals surface area contributed by atoms with Gasteiger partial charge >= 0.3 is 0 Å². The lowest BCUT2D eigenvalue weighted by molar-refractivity contribution is -0.117. The number of amides is 3. The molecule has 3 rings (SSSR count). The van der Waals surface area contributed by atoms with Crippen LogP contribution in [0, 0.1) is 6.92 Å². The Morgan fingerprint density at radius 2 is 1.90 bits per heavy atom. The number of hydrogen-bond acceptors (Lipinski definition) is 5. The number of furan rings is 1. The van der Waals surface area contributed by atoms with E-state index in [1.807, 2.05) is 6.92 Å². The van der Waals surface area contributed by atoms with Gasteiger partial charge in [-0.1, -0.05) is 6.07 Å². The first-order valence-electron chi connectivity index (χ1n) is 10.0. The quantitative estimate of drug-likeness (QED) is 0.758. The van der Waals surface area contributed by atoms with Crippen LogP contribution in [0.25, 0.3) is 0 Å². The second-order valence-electron chi connectivity index (χ2n) is 7.79. The van der Waals surface area contributed by atoms with Crippen LogP contribution in [-0.4, -0.2) is 67.3 Å². The number of likely N-dealkylation sites (tertiary alicyclic amines) is 1.